The summed E-state index contributed by atoms with van der Waals surface area (Å²) in [4.78, 5) is 41.6. The molecule has 0 spiro atoms. The number of carbonyl (C=O) groups is 3. The first-order valence-corrected chi connectivity index (χ1v) is 8.53. The molecule has 0 radical (unpaired) electrons. The summed E-state index contributed by atoms with van der Waals surface area (Å²) in [5, 5.41) is 0. The Balaban J connectivity index is 1.84. The van der Waals surface area contributed by atoms with E-state index in [-0.39, 0.29) is 37.5 Å². The smallest absolute Gasteiger partial charge is 0.259 e. The highest BCUT2D eigenvalue weighted by Crippen LogP contribution is 2.30. The Bertz CT molecular complexity index is 733. The van der Waals surface area contributed by atoms with Crippen LogP contribution in [0.25, 0.3) is 0 Å². The van der Waals surface area contributed by atoms with Gasteiger partial charge in [-0.25, -0.2) is 8.78 Å². The van der Waals surface area contributed by atoms with E-state index in [1.54, 1.807) is 14.1 Å². The average molecular weight is 365 g/mol. The summed E-state index contributed by atoms with van der Waals surface area (Å²) in [7, 11) is 3.22. The number of amides is 3. The first-order chi connectivity index (χ1) is 12.3. The molecule has 3 fully saturated rings. The lowest BCUT2D eigenvalue weighted by atomic mass is 9.94. The maximum atomic E-state index is 14.0. The zero-order valence-corrected chi connectivity index (χ0v) is 14.7. The third-order valence-corrected chi connectivity index (χ3v) is 5.06. The molecule has 3 saturated heterocycles. The molecular weight excluding hydrogens is 344 g/mol. The molecule has 1 aromatic carbocycles. The van der Waals surface area contributed by atoms with Gasteiger partial charge in [-0.15, -0.1) is 0 Å². The number of hydrogen-bond donors (Lipinski definition) is 0. The first-order valence-electron chi connectivity index (χ1n) is 8.53. The second kappa shape index (κ2) is 7.01. The fraction of sp³-hybridized carbons (Fsp3) is 0.500. The largest absolute Gasteiger partial charge is 0.347 e. The maximum absolute atomic E-state index is 14.0. The summed E-state index contributed by atoms with van der Waals surface area (Å²) in [6.07, 6.45) is 1.25. The third-order valence-electron chi connectivity index (χ3n) is 5.06. The van der Waals surface area contributed by atoms with Gasteiger partial charge in [0, 0.05) is 33.2 Å². The van der Waals surface area contributed by atoms with E-state index in [2.05, 4.69) is 0 Å². The molecule has 0 aliphatic carbocycles. The third kappa shape index (κ3) is 3.27. The molecule has 6 nitrogen and oxygen atoms in total. The molecule has 0 aromatic heterocycles. The van der Waals surface area contributed by atoms with Crippen LogP contribution in [0.5, 0.6) is 0 Å². The van der Waals surface area contributed by atoms with E-state index in [4.69, 9.17) is 0 Å². The zero-order valence-electron chi connectivity index (χ0n) is 14.7. The minimum atomic E-state index is -0.919. The number of halogens is 2. The van der Waals surface area contributed by atoms with E-state index in [1.165, 1.54) is 20.8 Å². The first kappa shape index (κ1) is 18.3. The van der Waals surface area contributed by atoms with Crippen LogP contribution in [0.3, 0.4) is 0 Å². The van der Waals surface area contributed by atoms with E-state index in [9.17, 15) is 23.2 Å². The lowest BCUT2D eigenvalue weighted by Crippen LogP contribution is -2.51. The van der Waals surface area contributed by atoms with Crippen LogP contribution in [0, 0.1) is 17.6 Å². The molecule has 26 heavy (non-hydrogen) atoms. The molecule has 140 valence electrons. The molecule has 0 saturated carbocycles. The number of nitrogens with zero attached hydrogens (tertiary/aromatic N) is 3. The Labute approximate surface area is 150 Å². The highest BCUT2D eigenvalue weighted by Gasteiger charge is 2.43. The van der Waals surface area contributed by atoms with Crippen molar-refractivity contribution >= 4 is 17.7 Å². The molecule has 3 heterocycles. The minimum Gasteiger partial charge on any atom is -0.347 e. The topological polar surface area (TPSA) is 60.9 Å². The maximum Gasteiger partial charge on any atom is 0.259 e. The van der Waals surface area contributed by atoms with Crippen molar-refractivity contribution in [3.05, 3.63) is 35.4 Å². The lowest BCUT2D eigenvalue weighted by Gasteiger charge is -2.35. The highest BCUT2D eigenvalue weighted by molar-refractivity contribution is 5.96. The van der Waals surface area contributed by atoms with Crippen molar-refractivity contribution in [3.8, 4) is 0 Å². The number of rotatable bonds is 3. The predicted molar refractivity (Wildman–Crippen MR) is 89.2 cm³/mol. The summed E-state index contributed by atoms with van der Waals surface area (Å²) >= 11 is 0. The quantitative estimate of drug-likeness (QED) is 0.806. The van der Waals surface area contributed by atoms with Crippen LogP contribution in [0.4, 0.5) is 8.78 Å². The van der Waals surface area contributed by atoms with E-state index >= 15 is 0 Å². The molecule has 2 bridgehead atoms. The number of piperidine rings is 1. The molecule has 2 atom stereocenters. The van der Waals surface area contributed by atoms with Crippen LogP contribution < -0.4 is 0 Å². The van der Waals surface area contributed by atoms with Gasteiger partial charge < -0.3 is 14.7 Å². The van der Waals surface area contributed by atoms with Gasteiger partial charge in [0.2, 0.25) is 11.8 Å². The molecular formula is C18H21F2N3O3. The van der Waals surface area contributed by atoms with Crippen molar-refractivity contribution < 1.29 is 23.2 Å². The van der Waals surface area contributed by atoms with Crippen molar-refractivity contribution in [2.24, 2.45) is 5.92 Å². The van der Waals surface area contributed by atoms with Crippen LogP contribution in [0.2, 0.25) is 0 Å². The van der Waals surface area contributed by atoms with Gasteiger partial charge in [-0.3, -0.25) is 14.4 Å². The van der Waals surface area contributed by atoms with Crippen LogP contribution in [-0.2, 0) is 9.59 Å². The minimum absolute atomic E-state index is 0.0525. The Hall–Kier alpha value is -2.51. The SMILES string of the molecule is CN(C)C(=O)CN1C(=O)[C@H]2CC[C@@H]1CN(C(=O)c1c(F)cccc1F)C2. The van der Waals surface area contributed by atoms with Crippen LogP contribution in [0.15, 0.2) is 18.2 Å². The predicted octanol–water partition coefficient (Wildman–Crippen LogP) is 1.12. The van der Waals surface area contributed by atoms with Crippen LogP contribution >= 0.6 is 0 Å². The van der Waals surface area contributed by atoms with Gasteiger partial charge in [-0.1, -0.05) is 6.07 Å². The molecule has 3 aliphatic heterocycles. The summed E-state index contributed by atoms with van der Waals surface area (Å²) in [6, 6.07) is 2.95. The zero-order chi connectivity index (χ0) is 19.0. The van der Waals surface area contributed by atoms with Crippen LogP contribution in [-0.4, -0.2) is 72.2 Å². The fourth-order valence-corrected chi connectivity index (χ4v) is 3.56. The molecule has 3 aliphatic rings. The molecule has 0 unspecified atom stereocenters. The second-order valence-corrected chi connectivity index (χ2v) is 6.99. The monoisotopic (exact) mass is 365 g/mol. The van der Waals surface area contributed by atoms with Crippen molar-refractivity contribution in [2.45, 2.75) is 18.9 Å². The summed E-state index contributed by atoms with van der Waals surface area (Å²) in [5.74, 6) is -3.44. The standard InChI is InChI=1S/C18H21F2N3O3/c1-21(2)15(24)10-23-12-7-6-11(17(23)25)8-22(9-12)18(26)16-13(19)4-3-5-14(16)20/h3-5,11-12H,6-10H2,1-2H3/t11-,12+/m0/s1. The second-order valence-electron chi connectivity index (χ2n) is 6.99. The molecule has 8 heteroatoms. The van der Waals surface area contributed by atoms with Crippen molar-refractivity contribution in [1.29, 1.82) is 0 Å². The fourth-order valence-electron chi connectivity index (χ4n) is 3.56. The number of fused-ring (bicyclic) bond motifs is 4. The van der Waals surface area contributed by atoms with E-state index < -0.39 is 29.0 Å². The van der Waals surface area contributed by atoms with Gasteiger partial charge in [-0.2, -0.15) is 0 Å². The Morgan fingerprint density at radius 1 is 1.15 bits per heavy atom. The van der Waals surface area contributed by atoms with Crippen molar-refractivity contribution in [3.63, 3.8) is 0 Å². The molecule has 1 aromatic rings. The van der Waals surface area contributed by atoms with Crippen molar-refractivity contribution in [2.75, 3.05) is 33.7 Å². The number of benzene rings is 1. The number of likely N-dealkylation sites (N-methyl/N-ethyl adjacent to an activating group) is 1. The van der Waals surface area contributed by atoms with E-state index in [0.29, 0.717) is 12.8 Å². The van der Waals surface area contributed by atoms with Gasteiger partial charge in [0.05, 0.1) is 5.92 Å². The summed E-state index contributed by atoms with van der Waals surface area (Å²) in [6.45, 7) is 0.216. The molecule has 0 N–H and O–H groups in total. The number of hydrogen-bond acceptors (Lipinski definition) is 3. The highest BCUT2D eigenvalue weighted by atomic mass is 19.1. The average Bonchev–Trinajstić information content (AvgIpc) is 2.87. The Morgan fingerprint density at radius 3 is 2.42 bits per heavy atom. The van der Waals surface area contributed by atoms with Gasteiger partial charge in [0.1, 0.15) is 23.7 Å². The van der Waals surface area contributed by atoms with Gasteiger partial charge in [-0.05, 0) is 25.0 Å². The Morgan fingerprint density at radius 2 is 1.81 bits per heavy atom. The van der Waals surface area contributed by atoms with E-state index in [0.717, 1.165) is 12.1 Å². The lowest BCUT2D eigenvalue weighted by molar-refractivity contribution is -0.145. The van der Waals surface area contributed by atoms with Crippen LogP contribution in [0.1, 0.15) is 23.2 Å². The summed E-state index contributed by atoms with van der Waals surface area (Å²) < 4.78 is 27.9. The van der Waals surface area contributed by atoms with Gasteiger partial charge in [0.15, 0.2) is 0 Å². The van der Waals surface area contributed by atoms with E-state index in [1.807, 2.05) is 0 Å². The summed E-state index contributed by atoms with van der Waals surface area (Å²) in [5.41, 5.74) is -0.600. The van der Waals surface area contributed by atoms with Crippen molar-refractivity contribution in [1.82, 2.24) is 14.7 Å². The molecule has 4 rings (SSSR count). The Kier molecular flexibility index (Phi) is 4.93. The van der Waals surface area contributed by atoms with Gasteiger partial charge >= 0.3 is 0 Å². The molecule has 3 amide bonds. The number of carbonyl (C=O) groups excluding carboxylic acids is 3. The normalized spacial score (nSPS) is 22.4. The van der Waals surface area contributed by atoms with Gasteiger partial charge in [0.25, 0.3) is 5.91 Å².